The van der Waals surface area contributed by atoms with Crippen molar-refractivity contribution in [2.75, 3.05) is 6.54 Å². The molecule has 0 fully saturated rings. The average molecular weight is 249 g/mol. The molecule has 1 aromatic rings. The molecule has 3 nitrogen and oxygen atoms in total. The van der Waals surface area contributed by atoms with Crippen molar-refractivity contribution in [1.29, 1.82) is 0 Å². The highest BCUT2D eigenvalue weighted by Crippen LogP contribution is 2.22. The van der Waals surface area contributed by atoms with Gasteiger partial charge in [0.1, 0.15) is 5.54 Å². The summed E-state index contributed by atoms with van der Waals surface area (Å²) in [6, 6.07) is 7.65. The molecule has 0 amide bonds. The van der Waals surface area contributed by atoms with Gasteiger partial charge in [-0.05, 0) is 38.3 Å². The highest BCUT2D eigenvalue weighted by molar-refractivity contribution is 5.80. The number of carboxylic acids is 1. The van der Waals surface area contributed by atoms with E-state index < -0.39 is 11.5 Å². The lowest BCUT2D eigenvalue weighted by atomic mass is 9.91. The monoisotopic (exact) mass is 249 g/mol. The largest absolute Gasteiger partial charge is 0.480 e. The molecule has 0 aromatic heterocycles. The van der Waals surface area contributed by atoms with Crippen LogP contribution in [0.15, 0.2) is 24.3 Å². The first-order valence-electron chi connectivity index (χ1n) is 6.42. The number of aliphatic carboxylic acids is 1. The summed E-state index contributed by atoms with van der Waals surface area (Å²) < 4.78 is 0. The Balaban J connectivity index is 2.86. The summed E-state index contributed by atoms with van der Waals surface area (Å²) in [6.07, 6.45) is 0.967. The van der Waals surface area contributed by atoms with Crippen LogP contribution in [0.4, 0.5) is 0 Å². The topological polar surface area (TPSA) is 49.3 Å². The third-order valence-corrected chi connectivity index (χ3v) is 3.26. The van der Waals surface area contributed by atoms with E-state index in [9.17, 15) is 9.90 Å². The molecular formula is C15H23NO2. The van der Waals surface area contributed by atoms with Crippen LogP contribution >= 0.6 is 0 Å². The lowest BCUT2D eigenvalue weighted by Crippen LogP contribution is -2.47. The van der Waals surface area contributed by atoms with Crippen molar-refractivity contribution < 1.29 is 9.90 Å². The van der Waals surface area contributed by atoms with Gasteiger partial charge in [-0.1, -0.05) is 43.7 Å². The van der Waals surface area contributed by atoms with Gasteiger partial charge in [0.05, 0.1) is 0 Å². The maximum atomic E-state index is 11.5. The lowest BCUT2D eigenvalue weighted by molar-refractivity contribution is -0.144. The van der Waals surface area contributed by atoms with Crippen LogP contribution in [0.5, 0.6) is 0 Å². The summed E-state index contributed by atoms with van der Waals surface area (Å²) in [5.74, 6) is -0.274. The van der Waals surface area contributed by atoms with E-state index in [0.717, 1.165) is 17.5 Å². The quantitative estimate of drug-likeness (QED) is 0.815. The Labute approximate surface area is 109 Å². The van der Waals surface area contributed by atoms with Gasteiger partial charge in [-0.15, -0.1) is 0 Å². The van der Waals surface area contributed by atoms with E-state index in [-0.39, 0.29) is 0 Å². The highest BCUT2D eigenvalue weighted by Gasteiger charge is 2.34. The fourth-order valence-electron chi connectivity index (χ4n) is 1.80. The number of benzene rings is 1. The average Bonchev–Trinajstić information content (AvgIpc) is 2.28. The Kier molecular flexibility index (Phi) is 4.91. The van der Waals surface area contributed by atoms with Crippen molar-refractivity contribution in [1.82, 2.24) is 5.32 Å². The second-order valence-electron chi connectivity index (χ2n) is 5.41. The molecule has 18 heavy (non-hydrogen) atoms. The van der Waals surface area contributed by atoms with Crippen LogP contribution in [-0.2, 0) is 10.3 Å². The molecule has 0 aliphatic rings. The van der Waals surface area contributed by atoms with E-state index >= 15 is 0 Å². The maximum Gasteiger partial charge on any atom is 0.328 e. The van der Waals surface area contributed by atoms with Crippen LogP contribution in [0.1, 0.15) is 38.3 Å². The number of hydrogen-bond acceptors (Lipinski definition) is 2. The normalized spacial score (nSPS) is 14.5. The smallest absolute Gasteiger partial charge is 0.328 e. The van der Waals surface area contributed by atoms with E-state index in [1.54, 1.807) is 6.92 Å². The van der Waals surface area contributed by atoms with Crippen molar-refractivity contribution in [2.24, 2.45) is 5.92 Å². The molecule has 0 spiro atoms. The highest BCUT2D eigenvalue weighted by atomic mass is 16.4. The van der Waals surface area contributed by atoms with Crippen LogP contribution < -0.4 is 5.32 Å². The minimum absolute atomic E-state index is 0.563. The summed E-state index contributed by atoms with van der Waals surface area (Å²) in [5, 5.41) is 12.6. The summed E-state index contributed by atoms with van der Waals surface area (Å²) in [5.41, 5.74) is 0.917. The van der Waals surface area contributed by atoms with E-state index in [1.807, 2.05) is 31.2 Å². The lowest BCUT2D eigenvalue weighted by Gasteiger charge is -2.27. The zero-order valence-corrected chi connectivity index (χ0v) is 11.7. The van der Waals surface area contributed by atoms with Gasteiger partial charge in [-0.2, -0.15) is 0 Å². The zero-order valence-electron chi connectivity index (χ0n) is 11.7. The zero-order chi connectivity index (χ0) is 13.8. The van der Waals surface area contributed by atoms with Crippen LogP contribution in [0.25, 0.3) is 0 Å². The number of rotatable bonds is 6. The molecule has 2 N–H and O–H groups in total. The van der Waals surface area contributed by atoms with E-state index in [0.29, 0.717) is 12.5 Å². The molecule has 0 radical (unpaired) electrons. The number of carbonyl (C=O) groups is 1. The SMILES string of the molecule is Cc1ccc(C(C)(NCCC(C)C)C(=O)O)cc1. The van der Waals surface area contributed by atoms with E-state index in [4.69, 9.17) is 0 Å². The molecule has 0 saturated heterocycles. The molecule has 3 heteroatoms. The van der Waals surface area contributed by atoms with Crippen molar-refractivity contribution in [3.8, 4) is 0 Å². The predicted octanol–water partition coefficient (Wildman–Crippen LogP) is 2.93. The molecule has 100 valence electrons. The van der Waals surface area contributed by atoms with Gasteiger partial charge < -0.3 is 5.11 Å². The van der Waals surface area contributed by atoms with Gasteiger partial charge in [0, 0.05) is 0 Å². The molecule has 0 aliphatic heterocycles. The van der Waals surface area contributed by atoms with Gasteiger partial charge in [0.25, 0.3) is 0 Å². The van der Waals surface area contributed by atoms with E-state index in [1.165, 1.54) is 0 Å². The standard InChI is InChI=1S/C15H23NO2/c1-11(2)9-10-16-15(4,14(17)18)13-7-5-12(3)6-8-13/h5-8,11,16H,9-10H2,1-4H3,(H,17,18). The fourth-order valence-corrected chi connectivity index (χ4v) is 1.80. The maximum absolute atomic E-state index is 11.5. The van der Waals surface area contributed by atoms with Gasteiger partial charge in [0.15, 0.2) is 0 Å². The number of carboxylic acid groups (broad SMARTS) is 1. The van der Waals surface area contributed by atoms with E-state index in [2.05, 4.69) is 19.2 Å². The Morgan fingerprint density at radius 2 is 1.89 bits per heavy atom. The van der Waals surface area contributed by atoms with Gasteiger partial charge in [0.2, 0.25) is 0 Å². The van der Waals surface area contributed by atoms with Crippen molar-refractivity contribution in [2.45, 2.75) is 39.7 Å². The van der Waals surface area contributed by atoms with Crippen LogP contribution in [-0.4, -0.2) is 17.6 Å². The summed E-state index contributed by atoms with van der Waals surface area (Å²) in [4.78, 5) is 11.5. The van der Waals surface area contributed by atoms with Crippen molar-refractivity contribution in [3.05, 3.63) is 35.4 Å². The minimum Gasteiger partial charge on any atom is -0.480 e. The molecule has 0 aliphatic carbocycles. The van der Waals surface area contributed by atoms with Crippen molar-refractivity contribution >= 4 is 5.97 Å². The number of hydrogen-bond donors (Lipinski definition) is 2. The molecule has 1 rings (SSSR count). The second-order valence-corrected chi connectivity index (χ2v) is 5.41. The Bertz CT molecular complexity index is 397. The third-order valence-electron chi connectivity index (χ3n) is 3.26. The minimum atomic E-state index is -1.01. The van der Waals surface area contributed by atoms with Gasteiger partial charge in [-0.3, -0.25) is 5.32 Å². The van der Waals surface area contributed by atoms with Gasteiger partial charge in [-0.25, -0.2) is 4.79 Å². The second kappa shape index (κ2) is 6.01. The number of nitrogens with one attached hydrogen (secondary N) is 1. The molecule has 1 atom stereocenters. The Hall–Kier alpha value is -1.35. The molecule has 1 aromatic carbocycles. The fraction of sp³-hybridized carbons (Fsp3) is 0.533. The van der Waals surface area contributed by atoms with Crippen LogP contribution in [0.2, 0.25) is 0 Å². The first-order chi connectivity index (χ1) is 8.36. The molecule has 0 saturated carbocycles. The molecular weight excluding hydrogens is 226 g/mol. The van der Waals surface area contributed by atoms with Crippen molar-refractivity contribution in [3.63, 3.8) is 0 Å². The molecule has 0 heterocycles. The molecule has 0 bridgehead atoms. The number of aryl methyl sites for hydroxylation is 1. The first kappa shape index (κ1) is 14.7. The van der Waals surface area contributed by atoms with Crippen LogP contribution in [0.3, 0.4) is 0 Å². The Morgan fingerprint density at radius 1 is 1.33 bits per heavy atom. The summed E-state index contributed by atoms with van der Waals surface area (Å²) in [7, 11) is 0. The predicted molar refractivity (Wildman–Crippen MR) is 73.6 cm³/mol. The first-order valence-corrected chi connectivity index (χ1v) is 6.42. The summed E-state index contributed by atoms with van der Waals surface area (Å²) in [6.45, 7) is 8.68. The Morgan fingerprint density at radius 3 is 2.33 bits per heavy atom. The van der Waals surface area contributed by atoms with Crippen LogP contribution in [0, 0.1) is 12.8 Å². The molecule has 1 unspecified atom stereocenters. The van der Waals surface area contributed by atoms with Gasteiger partial charge >= 0.3 is 5.97 Å². The third kappa shape index (κ3) is 3.57. The summed E-state index contributed by atoms with van der Waals surface area (Å²) >= 11 is 0.